The highest BCUT2D eigenvalue weighted by molar-refractivity contribution is 7.91. The van der Waals surface area contributed by atoms with Crippen LogP contribution in [0.15, 0.2) is 48.5 Å². The van der Waals surface area contributed by atoms with E-state index in [4.69, 9.17) is 4.74 Å². The molecular formula is C23H29N3O4S. The summed E-state index contributed by atoms with van der Waals surface area (Å²) in [6, 6.07) is 15.1. The minimum Gasteiger partial charge on any atom is -0.378 e. The van der Waals surface area contributed by atoms with Crippen molar-refractivity contribution >= 4 is 27.1 Å². The van der Waals surface area contributed by atoms with Crippen molar-refractivity contribution in [2.24, 2.45) is 0 Å². The van der Waals surface area contributed by atoms with Gasteiger partial charge in [0.1, 0.15) is 6.04 Å². The smallest absolute Gasteiger partial charge is 0.246 e. The lowest BCUT2D eigenvalue weighted by Gasteiger charge is -2.34. The largest absolute Gasteiger partial charge is 0.378 e. The second kappa shape index (κ2) is 9.38. The molecule has 8 heteroatoms. The van der Waals surface area contributed by atoms with Gasteiger partial charge in [-0.05, 0) is 36.2 Å². The summed E-state index contributed by atoms with van der Waals surface area (Å²) < 4.78 is 29.2. The normalized spacial score (nSPS) is 20.2. The van der Waals surface area contributed by atoms with Crippen molar-refractivity contribution in [2.75, 3.05) is 61.1 Å². The predicted octanol–water partition coefficient (Wildman–Crippen LogP) is 2.24. The van der Waals surface area contributed by atoms with E-state index in [0.717, 1.165) is 48.8 Å². The van der Waals surface area contributed by atoms with Crippen LogP contribution >= 0.6 is 0 Å². The Kier molecular flexibility index (Phi) is 6.60. The van der Waals surface area contributed by atoms with Gasteiger partial charge in [0.25, 0.3) is 0 Å². The van der Waals surface area contributed by atoms with Crippen molar-refractivity contribution in [2.45, 2.75) is 13.0 Å². The highest BCUT2D eigenvalue weighted by atomic mass is 32.2. The molecule has 2 aliphatic heterocycles. The van der Waals surface area contributed by atoms with Crippen LogP contribution in [-0.2, 0) is 19.4 Å². The van der Waals surface area contributed by atoms with E-state index in [-0.39, 0.29) is 17.4 Å². The van der Waals surface area contributed by atoms with Gasteiger partial charge in [-0.25, -0.2) is 8.42 Å². The van der Waals surface area contributed by atoms with Crippen molar-refractivity contribution in [1.29, 1.82) is 0 Å². The number of anilines is 2. The van der Waals surface area contributed by atoms with Crippen molar-refractivity contribution in [3.63, 3.8) is 0 Å². The maximum atomic E-state index is 13.4. The molecule has 0 aromatic heterocycles. The van der Waals surface area contributed by atoms with Crippen LogP contribution in [0.4, 0.5) is 11.4 Å². The first-order valence-electron chi connectivity index (χ1n) is 10.7. The molecule has 4 rings (SSSR count). The number of rotatable bonds is 5. The Morgan fingerprint density at radius 1 is 1.00 bits per heavy atom. The Labute approximate surface area is 183 Å². The van der Waals surface area contributed by atoms with Crippen molar-refractivity contribution in [3.8, 4) is 0 Å². The zero-order valence-electron chi connectivity index (χ0n) is 17.8. The molecule has 1 amide bonds. The van der Waals surface area contributed by atoms with E-state index in [1.54, 1.807) is 0 Å². The van der Waals surface area contributed by atoms with Crippen LogP contribution in [-0.4, -0.2) is 70.1 Å². The monoisotopic (exact) mass is 443 g/mol. The molecule has 2 heterocycles. The molecule has 2 aromatic carbocycles. The summed E-state index contributed by atoms with van der Waals surface area (Å²) in [5.74, 6) is 0.0149. The quantitative estimate of drug-likeness (QED) is 0.764. The molecule has 0 bridgehead atoms. The average molecular weight is 444 g/mol. The van der Waals surface area contributed by atoms with Gasteiger partial charge in [0, 0.05) is 37.6 Å². The van der Waals surface area contributed by atoms with E-state index >= 15 is 0 Å². The zero-order valence-corrected chi connectivity index (χ0v) is 18.6. The molecule has 0 saturated carbocycles. The number of nitrogens with zero attached hydrogens (tertiary/aromatic N) is 2. The highest BCUT2D eigenvalue weighted by Crippen LogP contribution is 2.28. The topological polar surface area (TPSA) is 79.0 Å². The molecule has 166 valence electrons. The van der Waals surface area contributed by atoms with Crippen molar-refractivity contribution in [1.82, 2.24) is 4.90 Å². The summed E-state index contributed by atoms with van der Waals surface area (Å²) in [6.07, 6.45) is 0. The Balaban J connectivity index is 1.53. The fourth-order valence-corrected chi connectivity index (χ4v) is 5.39. The van der Waals surface area contributed by atoms with Crippen LogP contribution in [0.2, 0.25) is 0 Å². The molecular weight excluding hydrogens is 414 g/mol. The number of morpholine rings is 1. The van der Waals surface area contributed by atoms with E-state index in [1.165, 1.54) is 0 Å². The average Bonchev–Trinajstić information content (AvgIpc) is 2.78. The van der Waals surface area contributed by atoms with Gasteiger partial charge in [0.05, 0.1) is 24.7 Å². The number of carbonyl (C=O) groups excluding carboxylic acids is 1. The molecule has 0 aliphatic carbocycles. The van der Waals surface area contributed by atoms with Gasteiger partial charge in [-0.2, -0.15) is 0 Å². The third kappa shape index (κ3) is 5.26. The fraction of sp³-hybridized carbons (Fsp3) is 0.435. The van der Waals surface area contributed by atoms with Gasteiger partial charge >= 0.3 is 0 Å². The number of hydrogen-bond donors (Lipinski definition) is 1. The van der Waals surface area contributed by atoms with E-state index in [2.05, 4.69) is 16.3 Å². The summed E-state index contributed by atoms with van der Waals surface area (Å²) >= 11 is 0. The molecule has 31 heavy (non-hydrogen) atoms. The number of carbonyl (C=O) groups is 1. The maximum absolute atomic E-state index is 13.4. The van der Waals surface area contributed by atoms with Crippen molar-refractivity contribution < 1.29 is 17.9 Å². The number of benzene rings is 2. The Hall–Kier alpha value is -2.42. The molecule has 1 unspecified atom stereocenters. The SMILES string of the molecule is Cc1cc(N2CCOCC2)ccc1NC(=O)C(c1ccccc1)N1CCS(=O)(=O)CC1. The Bertz CT molecular complexity index is 1010. The van der Waals surface area contributed by atoms with E-state index in [0.29, 0.717) is 13.1 Å². The first-order valence-corrected chi connectivity index (χ1v) is 12.5. The van der Waals surface area contributed by atoms with Crippen LogP contribution in [0.5, 0.6) is 0 Å². The zero-order chi connectivity index (χ0) is 21.8. The van der Waals surface area contributed by atoms with Crippen LogP contribution in [0, 0.1) is 6.92 Å². The van der Waals surface area contributed by atoms with Crippen LogP contribution in [0.25, 0.3) is 0 Å². The maximum Gasteiger partial charge on any atom is 0.246 e. The number of sulfone groups is 1. The van der Waals surface area contributed by atoms with Gasteiger partial charge < -0.3 is 15.0 Å². The summed E-state index contributed by atoms with van der Waals surface area (Å²) in [6.45, 7) is 5.86. The lowest BCUT2D eigenvalue weighted by Crippen LogP contribution is -2.46. The molecule has 2 fully saturated rings. The molecule has 0 spiro atoms. The molecule has 7 nitrogen and oxygen atoms in total. The van der Waals surface area contributed by atoms with Crippen LogP contribution < -0.4 is 10.2 Å². The molecule has 2 saturated heterocycles. The van der Waals surface area contributed by atoms with Gasteiger partial charge in [0.15, 0.2) is 9.84 Å². The predicted molar refractivity (Wildman–Crippen MR) is 122 cm³/mol. The standard InChI is InChI=1S/C23H29N3O4S/c1-18-17-20(25-9-13-30-14-10-25)7-8-21(18)24-23(27)22(19-5-3-2-4-6-19)26-11-15-31(28,29)16-12-26/h2-8,17,22H,9-16H2,1H3,(H,24,27). The summed E-state index contributed by atoms with van der Waals surface area (Å²) in [7, 11) is -3.03. The van der Waals surface area contributed by atoms with E-state index in [1.807, 2.05) is 54.3 Å². The lowest BCUT2D eigenvalue weighted by molar-refractivity contribution is -0.121. The highest BCUT2D eigenvalue weighted by Gasteiger charge is 2.32. The second-order valence-electron chi connectivity index (χ2n) is 8.09. The minimum atomic E-state index is -3.03. The Morgan fingerprint density at radius 2 is 1.68 bits per heavy atom. The summed E-state index contributed by atoms with van der Waals surface area (Å²) in [5, 5.41) is 3.08. The molecule has 2 aromatic rings. The number of amides is 1. The van der Waals surface area contributed by atoms with Gasteiger partial charge in [-0.15, -0.1) is 0 Å². The van der Waals surface area contributed by atoms with Crippen LogP contribution in [0.1, 0.15) is 17.2 Å². The first kappa shape index (κ1) is 21.8. The lowest BCUT2D eigenvalue weighted by atomic mass is 10.0. The number of aryl methyl sites for hydroxylation is 1. The summed E-state index contributed by atoms with van der Waals surface area (Å²) in [5.41, 5.74) is 3.75. The van der Waals surface area contributed by atoms with Gasteiger partial charge in [-0.1, -0.05) is 30.3 Å². The first-order chi connectivity index (χ1) is 14.9. The third-order valence-corrected chi connectivity index (χ3v) is 7.56. The molecule has 1 N–H and O–H groups in total. The van der Waals surface area contributed by atoms with Gasteiger partial charge in [0.2, 0.25) is 5.91 Å². The summed E-state index contributed by atoms with van der Waals surface area (Å²) in [4.78, 5) is 17.6. The molecule has 1 atom stereocenters. The van der Waals surface area contributed by atoms with Gasteiger partial charge in [-0.3, -0.25) is 9.69 Å². The van der Waals surface area contributed by atoms with Crippen molar-refractivity contribution in [3.05, 3.63) is 59.7 Å². The van der Waals surface area contributed by atoms with Crippen LogP contribution in [0.3, 0.4) is 0 Å². The number of ether oxygens (including phenoxy) is 1. The third-order valence-electron chi connectivity index (χ3n) is 5.95. The van der Waals surface area contributed by atoms with E-state index < -0.39 is 15.9 Å². The molecule has 0 radical (unpaired) electrons. The van der Waals surface area contributed by atoms with E-state index in [9.17, 15) is 13.2 Å². The fourth-order valence-electron chi connectivity index (χ4n) is 4.16. The minimum absolute atomic E-state index is 0.0802. The number of nitrogens with one attached hydrogen (secondary N) is 1. The molecule has 2 aliphatic rings. The number of hydrogen-bond acceptors (Lipinski definition) is 6. The second-order valence-corrected chi connectivity index (χ2v) is 10.4. The Morgan fingerprint density at radius 3 is 2.32 bits per heavy atom.